The van der Waals surface area contributed by atoms with Crippen molar-refractivity contribution in [2.75, 3.05) is 13.1 Å². The average Bonchev–Trinajstić information content (AvgIpc) is 2.47. The molecule has 2 aromatic rings. The maximum absolute atomic E-state index is 6.30. The Morgan fingerprint density at radius 2 is 2.00 bits per heavy atom. The van der Waals surface area contributed by atoms with E-state index < -0.39 is 0 Å². The lowest BCUT2D eigenvalue weighted by Crippen LogP contribution is -2.48. The highest BCUT2D eigenvalue weighted by atomic mass is 16.5. The minimum Gasteiger partial charge on any atom is -0.365 e. The SMILES string of the molecule is CCC1(C)CNCC(c2ccc3ccccc3c2)O1. The summed E-state index contributed by atoms with van der Waals surface area (Å²) < 4.78 is 6.30. The zero-order valence-electron chi connectivity index (χ0n) is 11.6. The molecule has 2 aromatic carbocycles. The first-order chi connectivity index (χ1) is 9.20. The highest BCUT2D eigenvalue weighted by Crippen LogP contribution is 2.30. The van der Waals surface area contributed by atoms with Crippen LogP contribution in [0, 0.1) is 0 Å². The van der Waals surface area contributed by atoms with E-state index in [1.54, 1.807) is 0 Å². The summed E-state index contributed by atoms with van der Waals surface area (Å²) in [5, 5.41) is 6.07. The molecule has 3 rings (SSSR count). The third kappa shape index (κ3) is 2.51. The van der Waals surface area contributed by atoms with Crippen LogP contribution in [0.5, 0.6) is 0 Å². The largest absolute Gasteiger partial charge is 0.365 e. The predicted molar refractivity (Wildman–Crippen MR) is 79.3 cm³/mol. The van der Waals surface area contributed by atoms with Crippen molar-refractivity contribution in [3.63, 3.8) is 0 Å². The van der Waals surface area contributed by atoms with Crippen molar-refractivity contribution in [3.8, 4) is 0 Å². The summed E-state index contributed by atoms with van der Waals surface area (Å²) in [6, 6.07) is 15.1. The van der Waals surface area contributed by atoms with Gasteiger partial charge in [0.25, 0.3) is 0 Å². The van der Waals surface area contributed by atoms with Gasteiger partial charge in [-0.1, -0.05) is 43.3 Å². The fraction of sp³-hybridized carbons (Fsp3) is 0.412. The second-order valence-electron chi connectivity index (χ2n) is 5.65. The van der Waals surface area contributed by atoms with E-state index in [-0.39, 0.29) is 11.7 Å². The molecule has 0 amide bonds. The molecule has 1 heterocycles. The highest BCUT2D eigenvalue weighted by Gasteiger charge is 2.31. The lowest BCUT2D eigenvalue weighted by molar-refractivity contribution is -0.109. The monoisotopic (exact) mass is 255 g/mol. The molecule has 0 saturated carbocycles. The third-order valence-electron chi connectivity index (χ3n) is 4.15. The minimum atomic E-state index is -0.0471. The Morgan fingerprint density at radius 1 is 1.21 bits per heavy atom. The number of hydrogen-bond donors (Lipinski definition) is 1. The van der Waals surface area contributed by atoms with Gasteiger partial charge in [0, 0.05) is 13.1 Å². The molecule has 2 atom stereocenters. The van der Waals surface area contributed by atoms with E-state index in [0.29, 0.717) is 0 Å². The lowest BCUT2D eigenvalue weighted by Gasteiger charge is -2.39. The Morgan fingerprint density at radius 3 is 2.79 bits per heavy atom. The van der Waals surface area contributed by atoms with Crippen LogP contribution in [-0.4, -0.2) is 18.7 Å². The third-order valence-corrected chi connectivity index (χ3v) is 4.15. The summed E-state index contributed by atoms with van der Waals surface area (Å²) in [5.41, 5.74) is 1.22. The van der Waals surface area contributed by atoms with Crippen molar-refractivity contribution in [1.29, 1.82) is 0 Å². The molecule has 0 aromatic heterocycles. The molecular weight excluding hydrogens is 234 g/mol. The number of rotatable bonds is 2. The maximum Gasteiger partial charge on any atom is 0.0957 e. The van der Waals surface area contributed by atoms with Crippen LogP contribution in [0.3, 0.4) is 0 Å². The van der Waals surface area contributed by atoms with Crippen molar-refractivity contribution >= 4 is 10.8 Å². The second-order valence-corrected chi connectivity index (χ2v) is 5.65. The van der Waals surface area contributed by atoms with Gasteiger partial charge in [-0.05, 0) is 35.7 Å². The van der Waals surface area contributed by atoms with E-state index in [4.69, 9.17) is 4.74 Å². The standard InChI is InChI=1S/C17H21NO/c1-3-17(2)12-18-11-16(19-17)15-9-8-13-6-4-5-7-14(13)10-15/h4-10,16,18H,3,11-12H2,1-2H3. The van der Waals surface area contributed by atoms with Crippen molar-refractivity contribution in [1.82, 2.24) is 5.32 Å². The predicted octanol–water partition coefficient (Wildman–Crippen LogP) is 3.67. The zero-order valence-corrected chi connectivity index (χ0v) is 11.6. The summed E-state index contributed by atoms with van der Waals surface area (Å²) in [5.74, 6) is 0. The molecule has 2 heteroatoms. The molecule has 0 bridgehead atoms. The first-order valence-electron chi connectivity index (χ1n) is 7.07. The molecule has 1 fully saturated rings. The summed E-state index contributed by atoms with van der Waals surface area (Å²) >= 11 is 0. The molecule has 19 heavy (non-hydrogen) atoms. The topological polar surface area (TPSA) is 21.3 Å². The molecular formula is C17H21NO. The first-order valence-corrected chi connectivity index (χ1v) is 7.07. The van der Waals surface area contributed by atoms with E-state index in [1.165, 1.54) is 16.3 Å². The lowest BCUT2D eigenvalue weighted by atomic mass is 9.97. The summed E-state index contributed by atoms with van der Waals surface area (Å²) in [6.07, 6.45) is 1.19. The van der Waals surface area contributed by atoms with Gasteiger partial charge in [-0.3, -0.25) is 0 Å². The Bertz CT molecular complexity index is 580. The number of nitrogens with one attached hydrogen (secondary N) is 1. The van der Waals surface area contributed by atoms with Gasteiger partial charge in [-0.25, -0.2) is 0 Å². The highest BCUT2D eigenvalue weighted by molar-refractivity contribution is 5.83. The van der Waals surface area contributed by atoms with E-state index in [0.717, 1.165) is 19.5 Å². The van der Waals surface area contributed by atoms with Crippen LogP contribution in [0.2, 0.25) is 0 Å². The molecule has 1 aliphatic heterocycles. The van der Waals surface area contributed by atoms with Gasteiger partial charge >= 0.3 is 0 Å². The van der Waals surface area contributed by atoms with Crippen molar-refractivity contribution in [3.05, 3.63) is 48.0 Å². The van der Waals surface area contributed by atoms with Gasteiger partial charge in [0.2, 0.25) is 0 Å². The quantitative estimate of drug-likeness (QED) is 0.884. The van der Waals surface area contributed by atoms with Crippen molar-refractivity contribution < 1.29 is 4.74 Å². The zero-order chi connectivity index (χ0) is 13.3. The molecule has 1 saturated heterocycles. The number of ether oxygens (including phenoxy) is 1. The minimum absolute atomic E-state index is 0.0471. The smallest absolute Gasteiger partial charge is 0.0957 e. The maximum atomic E-state index is 6.30. The molecule has 0 spiro atoms. The van der Waals surface area contributed by atoms with Gasteiger partial charge in [0.1, 0.15) is 0 Å². The fourth-order valence-corrected chi connectivity index (χ4v) is 2.70. The Kier molecular flexibility index (Phi) is 3.29. The molecule has 100 valence electrons. The Hall–Kier alpha value is -1.38. The first kappa shape index (κ1) is 12.6. The molecule has 0 radical (unpaired) electrons. The van der Waals surface area contributed by atoms with Crippen LogP contribution in [0.25, 0.3) is 10.8 Å². The van der Waals surface area contributed by atoms with Crippen LogP contribution in [0.1, 0.15) is 31.9 Å². The molecule has 1 aliphatic rings. The van der Waals surface area contributed by atoms with Gasteiger partial charge in [0.05, 0.1) is 11.7 Å². The van der Waals surface area contributed by atoms with Crippen LogP contribution in [0.15, 0.2) is 42.5 Å². The van der Waals surface area contributed by atoms with E-state index in [9.17, 15) is 0 Å². The summed E-state index contributed by atoms with van der Waals surface area (Å²) in [4.78, 5) is 0. The van der Waals surface area contributed by atoms with Gasteiger partial charge < -0.3 is 10.1 Å². The number of hydrogen-bond acceptors (Lipinski definition) is 2. The van der Waals surface area contributed by atoms with E-state index in [1.807, 2.05) is 0 Å². The van der Waals surface area contributed by atoms with Crippen LogP contribution >= 0.6 is 0 Å². The summed E-state index contributed by atoms with van der Waals surface area (Å²) in [7, 11) is 0. The molecule has 0 aliphatic carbocycles. The van der Waals surface area contributed by atoms with E-state index >= 15 is 0 Å². The van der Waals surface area contributed by atoms with Crippen molar-refractivity contribution in [2.24, 2.45) is 0 Å². The van der Waals surface area contributed by atoms with Gasteiger partial charge in [0.15, 0.2) is 0 Å². The fourth-order valence-electron chi connectivity index (χ4n) is 2.70. The second kappa shape index (κ2) is 4.95. The summed E-state index contributed by atoms with van der Waals surface area (Å²) in [6.45, 7) is 6.21. The normalized spacial score (nSPS) is 27.6. The van der Waals surface area contributed by atoms with Crippen LogP contribution in [-0.2, 0) is 4.74 Å². The van der Waals surface area contributed by atoms with E-state index in [2.05, 4.69) is 61.6 Å². The number of benzene rings is 2. The van der Waals surface area contributed by atoms with Crippen molar-refractivity contribution in [2.45, 2.75) is 32.0 Å². The van der Waals surface area contributed by atoms with Gasteiger partial charge in [-0.2, -0.15) is 0 Å². The van der Waals surface area contributed by atoms with Gasteiger partial charge in [-0.15, -0.1) is 0 Å². The Labute approximate surface area is 114 Å². The average molecular weight is 255 g/mol. The molecule has 2 unspecified atom stereocenters. The molecule has 2 nitrogen and oxygen atoms in total. The Balaban J connectivity index is 1.91. The molecule has 1 N–H and O–H groups in total. The number of morpholine rings is 1. The van der Waals surface area contributed by atoms with Crippen LogP contribution in [0.4, 0.5) is 0 Å². The number of fused-ring (bicyclic) bond motifs is 1. The van der Waals surface area contributed by atoms with Crippen LogP contribution < -0.4 is 5.32 Å².